The SMILES string of the molecule is COC(=O)NC(=O)c1c(NC(=O)c2cccc(S(=O)(=O)C(C)C)c2)sc2c1CCCCC2. The third-order valence-corrected chi connectivity index (χ3v) is 8.68. The molecule has 0 bridgehead atoms. The summed E-state index contributed by atoms with van der Waals surface area (Å²) >= 11 is 1.31. The van der Waals surface area contributed by atoms with Crippen LogP contribution >= 0.6 is 11.3 Å². The van der Waals surface area contributed by atoms with Gasteiger partial charge in [0.05, 0.1) is 22.8 Å². The lowest BCUT2D eigenvalue weighted by Gasteiger charge is -2.11. The van der Waals surface area contributed by atoms with Gasteiger partial charge in [-0.3, -0.25) is 14.9 Å². The Morgan fingerprint density at radius 2 is 1.78 bits per heavy atom. The molecule has 0 saturated heterocycles. The summed E-state index contributed by atoms with van der Waals surface area (Å²) in [6, 6.07) is 5.81. The largest absolute Gasteiger partial charge is 0.453 e. The van der Waals surface area contributed by atoms with Gasteiger partial charge in [-0.2, -0.15) is 0 Å². The van der Waals surface area contributed by atoms with Gasteiger partial charge in [-0.25, -0.2) is 13.2 Å². The first-order chi connectivity index (χ1) is 15.1. The smallest absolute Gasteiger partial charge is 0.413 e. The molecule has 1 aliphatic rings. The van der Waals surface area contributed by atoms with Crippen LogP contribution in [0.15, 0.2) is 29.2 Å². The first-order valence-corrected chi connectivity index (χ1v) is 12.7. The number of hydrogen-bond acceptors (Lipinski definition) is 7. The van der Waals surface area contributed by atoms with Crippen LogP contribution in [0.25, 0.3) is 0 Å². The normalized spacial score (nSPS) is 13.8. The Morgan fingerprint density at radius 3 is 2.47 bits per heavy atom. The molecule has 0 saturated carbocycles. The van der Waals surface area contributed by atoms with Crippen LogP contribution in [0.2, 0.25) is 0 Å². The molecule has 1 aromatic carbocycles. The van der Waals surface area contributed by atoms with E-state index < -0.39 is 33.0 Å². The topological polar surface area (TPSA) is 119 Å². The zero-order valence-corrected chi connectivity index (χ0v) is 19.8. The summed E-state index contributed by atoms with van der Waals surface area (Å²) in [5, 5.41) is 4.64. The Labute approximate surface area is 191 Å². The van der Waals surface area contributed by atoms with Crippen LogP contribution in [0.3, 0.4) is 0 Å². The molecule has 0 atom stereocenters. The van der Waals surface area contributed by atoms with E-state index in [1.807, 2.05) is 0 Å². The molecular weight excluding hydrogens is 452 g/mol. The summed E-state index contributed by atoms with van der Waals surface area (Å²) < 4.78 is 29.5. The number of anilines is 1. The Hall–Kier alpha value is -2.72. The van der Waals surface area contributed by atoms with E-state index in [1.165, 1.54) is 35.6 Å². The van der Waals surface area contributed by atoms with E-state index in [-0.39, 0.29) is 16.0 Å². The second-order valence-corrected chi connectivity index (χ2v) is 11.4. The molecule has 32 heavy (non-hydrogen) atoms. The number of thiophene rings is 1. The van der Waals surface area contributed by atoms with Crippen molar-refractivity contribution in [3.05, 3.63) is 45.8 Å². The van der Waals surface area contributed by atoms with E-state index in [1.54, 1.807) is 13.8 Å². The number of fused-ring (bicyclic) bond motifs is 1. The van der Waals surface area contributed by atoms with Crippen molar-refractivity contribution in [1.82, 2.24) is 5.32 Å². The number of rotatable bonds is 5. The first-order valence-electron chi connectivity index (χ1n) is 10.3. The molecule has 1 heterocycles. The summed E-state index contributed by atoms with van der Waals surface area (Å²) in [4.78, 5) is 38.5. The summed E-state index contributed by atoms with van der Waals surface area (Å²) in [5.41, 5.74) is 1.26. The zero-order valence-electron chi connectivity index (χ0n) is 18.2. The Kier molecular flexibility index (Phi) is 7.35. The summed E-state index contributed by atoms with van der Waals surface area (Å²) in [5.74, 6) is -1.17. The van der Waals surface area contributed by atoms with Crippen LogP contribution in [-0.4, -0.2) is 38.7 Å². The number of ether oxygens (including phenoxy) is 1. The number of hydrogen-bond donors (Lipinski definition) is 2. The number of methoxy groups -OCH3 is 1. The summed E-state index contributed by atoms with van der Waals surface area (Å²) in [7, 11) is -2.38. The second-order valence-electron chi connectivity index (χ2n) is 7.79. The Morgan fingerprint density at radius 1 is 1.06 bits per heavy atom. The molecule has 0 spiro atoms. The maximum absolute atomic E-state index is 13.0. The molecule has 2 N–H and O–H groups in total. The fourth-order valence-electron chi connectivity index (χ4n) is 3.54. The zero-order chi connectivity index (χ0) is 23.5. The highest BCUT2D eigenvalue weighted by molar-refractivity contribution is 7.92. The molecular formula is C22H26N2O6S2. The van der Waals surface area contributed by atoms with E-state index >= 15 is 0 Å². The molecule has 1 aromatic heterocycles. The molecule has 3 amide bonds. The number of imide groups is 1. The van der Waals surface area contributed by atoms with Crippen molar-refractivity contribution < 1.29 is 27.5 Å². The van der Waals surface area contributed by atoms with Gasteiger partial charge in [0.15, 0.2) is 9.84 Å². The predicted octanol–water partition coefficient (Wildman–Crippen LogP) is 3.95. The number of benzene rings is 1. The van der Waals surface area contributed by atoms with Crippen molar-refractivity contribution in [2.24, 2.45) is 0 Å². The lowest BCUT2D eigenvalue weighted by atomic mass is 10.0. The quantitative estimate of drug-likeness (QED) is 0.628. The fourth-order valence-corrected chi connectivity index (χ4v) is 5.92. The minimum absolute atomic E-state index is 0.0609. The van der Waals surface area contributed by atoms with Crippen LogP contribution in [0.4, 0.5) is 9.80 Å². The Balaban J connectivity index is 1.96. The minimum Gasteiger partial charge on any atom is -0.453 e. The summed E-state index contributed by atoms with van der Waals surface area (Å²) in [6.07, 6.45) is 3.51. The lowest BCUT2D eigenvalue weighted by Crippen LogP contribution is -2.31. The number of alkyl carbamates (subject to hydrolysis) is 1. The van der Waals surface area contributed by atoms with E-state index in [0.29, 0.717) is 11.4 Å². The van der Waals surface area contributed by atoms with Crippen LogP contribution in [-0.2, 0) is 27.4 Å². The number of carbonyl (C=O) groups excluding carboxylic acids is 3. The Bertz CT molecular complexity index is 1150. The van der Waals surface area contributed by atoms with Crippen molar-refractivity contribution in [1.29, 1.82) is 0 Å². The van der Waals surface area contributed by atoms with Gasteiger partial charge in [0.25, 0.3) is 11.8 Å². The highest BCUT2D eigenvalue weighted by atomic mass is 32.2. The van der Waals surface area contributed by atoms with Crippen LogP contribution in [0.1, 0.15) is 64.3 Å². The molecule has 0 unspecified atom stereocenters. The van der Waals surface area contributed by atoms with E-state index in [2.05, 4.69) is 15.4 Å². The molecule has 8 nitrogen and oxygen atoms in total. The molecule has 10 heteroatoms. The second kappa shape index (κ2) is 9.83. The van der Waals surface area contributed by atoms with Gasteiger partial charge in [0.1, 0.15) is 5.00 Å². The number of aryl methyl sites for hydroxylation is 1. The van der Waals surface area contributed by atoms with Gasteiger partial charge in [-0.1, -0.05) is 12.5 Å². The number of sulfone groups is 1. The van der Waals surface area contributed by atoms with Gasteiger partial charge in [0.2, 0.25) is 0 Å². The third-order valence-electron chi connectivity index (χ3n) is 5.32. The number of carbonyl (C=O) groups is 3. The van der Waals surface area contributed by atoms with Crippen molar-refractivity contribution >= 4 is 44.1 Å². The average Bonchev–Trinajstić information content (AvgIpc) is 2.93. The molecule has 0 radical (unpaired) electrons. The van der Waals surface area contributed by atoms with Gasteiger partial charge < -0.3 is 10.1 Å². The van der Waals surface area contributed by atoms with E-state index in [9.17, 15) is 22.8 Å². The van der Waals surface area contributed by atoms with Crippen LogP contribution in [0, 0.1) is 0 Å². The molecule has 0 fully saturated rings. The maximum atomic E-state index is 13.0. The highest BCUT2D eigenvalue weighted by Crippen LogP contribution is 2.38. The van der Waals surface area contributed by atoms with Crippen molar-refractivity contribution in [2.45, 2.75) is 56.1 Å². The molecule has 0 aliphatic heterocycles. The van der Waals surface area contributed by atoms with Crippen molar-refractivity contribution in [2.75, 3.05) is 12.4 Å². The predicted molar refractivity (Wildman–Crippen MR) is 122 cm³/mol. The number of nitrogens with one attached hydrogen (secondary N) is 2. The monoisotopic (exact) mass is 478 g/mol. The molecule has 1 aliphatic carbocycles. The molecule has 2 aromatic rings. The number of amides is 3. The minimum atomic E-state index is -3.54. The first kappa shape index (κ1) is 23.9. The van der Waals surface area contributed by atoms with Crippen molar-refractivity contribution in [3.63, 3.8) is 0 Å². The van der Waals surface area contributed by atoms with Gasteiger partial charge in [-0.05, 0) is 63.3 Å². The average molecular weight is 479 g/mol. The highest BCUT2D eigenvalue weighted by Gasteiger charge is 2.27. The van der Waals surface area contributed by atoms with Gasteiger partial charge in [0, 0.05) is 10.4 Å². The fraction of sp³-hybridized carbons (Fsp3) is 0.409. The summed E-state index contributed by atoms with van der Waals surface area (Å²) in [6.45, 7) is 3.15. The van der Waals surface area contributed by atoms with Crippen LogP contribution in [0.5, 0.6) is 0 Å². The van der Waals surface area contributed by atoms with Gasteiger partial charge >= 0.3 is 6.09 Å². The van der Waals surface area contributed by atoms with Gasteiger partial charge in [-0.15, -0.1) is 11.3 Å². The lowest BCUT2D eigenvalue weighted by molar-refractivity contribution is 0.0937. The van der Waals surface area contributed by atoms with E-state index in [0.717, 1.165) is 43.2 Å². The molecule has 3 rings (SSSR count). The van der Waals surface area contributed by atoms with Crippen molar-refractivity contribution in [3.8, 4) is 0 Å². The maximum Gasteiger partial charge on any atom is 0.413 e. The standard InChI is InChI=1S/C22H26N2O6S2/c1-13(2)32(28,29)15-9-7-8-14(12-15)19(25)23-21-18(20(26)24-22(27)30-3)16-10-5-4-6-11-17(16)31-21/h7-9,12-13H,4-6,10-11H2,1-3H3,(H,23,25)(H,24,26,27). The van der Waals surface area contributed by atoms with Crippen LogP contribution < -0.4 is 10.6 Å². The van der Waals surface area contributed by atoms with E-state index in [4.69, 9.17) is 0 Å². The third kappa shape index (κ3) is 5.02. The molecule has 172 valence electrons.